The Bertz CT molecular complexity index is 1140. The molecule has 0 bridgehead atoms. The van der Waals surface area contributed by atoms with Gasteiger partial charge in [0, 0.05) is 38.2 Å². The molecule has 1 aliphatic heterocycles. The van der Waals surface area contributed by atoms with Crippen LogP contribution in [0.5, 0.6) is 5.75 Å². The quantitative estimate of drug-likeness (QED) is 0.517. The zero-order valence-electron chi connectivity index (χ0n) is 21.9. The Kier molecular flexibility index (Phi) is 9.18. The van der Waals surface area contributed by atoms with E-state index in [0.29, 0.717) is 43.8 Å². The first-order valence-electron chi connectivity index (χ1n) is 12.5. The van der Waals surface area contributed by atoms with Gasteiger partial charge in [-0.25, -0.2) is 9.59 Å². The van der Waals surface area contributed by atoms with E-state index in [-0.39, 0.29) is 12.2 Å². The van der Waals surface area contributed by atoms with Gasteiger partial charge in [0.05, 0.1) is 11.6 Å². The van der Waals surface area contributed by atoms with Crippen molar-refractivity contribution in [1.29, 1.82) is 5.26 Å². The topological polar surface area (TPSA) is 103 Å². The lowest BCUT2D eigenvalue weighted by Crippen LogP contribution is -2.44. The van der Waals surface area contributed by atoms with E-state index in [2.05, 4.69) is 6.07 Å². The lowest BCUT2D eigenvalue weighted by atomic mass is 10.1. The van der Waals surface area contributed by atoms with E-state index in [1.54, 1.807) is 28.9 Å². The Balaban J connectivity index is 1.60. The first-order valence-corrected chi connectivity index (χ1v) is 12.5. The van der Waals surface area contributed by atoms with Crippen LogP contribution in [0.3, 0.4) is 0 Å². The van der Waals surface area contributed by atoms with E-state index >= 15 is 0 Å². The van der Waals surface area contributed by atoms with Gasteiger partial charge >= 0.3 is 12.1 Å². The van der Waals surface area contributed by atoms with Crippen molar-refractivity contribution >= 4 is 23.8 Å². The number of amides is 1. The van der Waals surface area contributed by atoms with Crippen LogP contribution in [0.25, 0.3) is 6.08 Å². The monoisotopic (exact) mass is 505 g/mol. The molecule has 1 aliphatic rings. The maximum atomic E-state index is 12.3. The minimum Gasteiger partial charge on any atom is -0.490 e. The fourth-order valence-corrected chi connectivity index (χ4v) is 4.03. The Hall–Kier alpha value is -3.99. The summed E-state index contributed by atoms with van der Waals surface area (Å²) < 4.78 is 11.6. The summed E-state index contributed by atoms with van der Waals surface area (Å²) in [6.07, 6.45) is 4.88. The van der Waals surface area contributed by atoms with Crippen molar-refractivity contribution in [2.24, 2.45) is 0 Å². The van der Waals surface area contributed by atoms with Crippen molar-refractivity contribution in [3.63, 3.8) is 0 Å². The van der Waals surface area contributed by atoms with Crippen LogP contribution < -0.4 is 9.64 Å². The molecule has 1 N–H and O–H groups in total. The van der Waals surface area contributed by atoms with Crippen LogP contribution in [0.4, 0.5) is 10.5 Å². The number of benzene rings is 2. The van der Waals surface area contributed by atoms with Crippen molar-refractivity contribution in [3.8, 4) is 11.8 Å². The molecule has 0 spiro atoms. The average Bonchev–Trinajstić information content (AvgIpc) is 2.86. The third-order valence-corrected chi connectivity index (χ3v) is 6.02. The molecule has 37 heavy (non-hydrogen) atoms. The largest absolute Gasteiger partial charge is 0.490 e. The maximum absolute atomic E-state index is 12.3. The third kappa shape index (κ3) is 8.28. The van der Waals surface area contributed by atoms with Gasteiger partial charge in [0.2, 0.25) is 0 Å². The number of ether oxygens (including phenoxy) is 2. The molecule has 8 nitrogen and oxygen atoms in total. The fraction of sp³-hybridized carbons (Fsp3) is 0.414. The van der Waals surface area contributed by atoms with Gasteiger partial charge in [-0.1, -0.05) is 24.3 Å². The molecular weight excluding hydrogens is 470 g/mol. The van der Waals surface area contributed by atoms with Gasteiger partial charge in [-0.2, -0.15) is 5.26 Å². The van der Waals surface area contributed by atoms with E-state index in [1.807, 2.05) is 69.3 Å². The molecule has 0 radical (unpaired) electrons. The minimum atomic E-state index is -0.919. The number of nitriles is 1. The first-order chi connectivity index (χ1) is 17.6. The number of rotatable bonds is 8. The maximum Gasteiger partial charge on any atom is 0.410 e. The van der Waals surface area contributed by atoms with Crippen molar-refractivity contribution in [2.45, 2.75) is 58.3 Å². The molecule has 1 unspecified atom stereocenters. The number of hydrogen-bond donors (Lipinski definition) is 1. The van der Waals surface area contributed by atoms with Crippen molar-refractivity contribution in [2.75, 3.05) is 24.5 Å². The highest BCUT2D eigenvalue weighted by Gasteiger charge is 2.28. The molecule has 1 fully saturated rings. The lowest BCUT2D eigenvalue weighted by Gasteiger charge is -2.33. The van der Waals surface area contributed by atoms with Crippen LogP contribution in [0.15, 0.2) is 54.6 Å². The lowest BCUT2D eigenvalue weighted by molar-refractivity contribution is -0.138. The molecule has 8 heteroatoms. The molecule has 0 aliphatic carbocycles. The third-order valence-electron chi connectivity index (χ3n) is 6.02. The second-order valence-electron chi connectivity index (χ2n) is 10.1. The summed E-state index contributed by atoms with van der Waals surface area (Å²) in [5.41, 5.74) is 1.70. The molecule has 3 rings (SSSR count). The summed E-state index contributed by atoms with van der Waals surface area (Å²) in [5, 5.41) is 18.7. The predicted molar refractivity (Wildman–Crippen MR) is 143 cm³/mol. The van der Waals surface area contributed by atoms with Crippen molar-refractivity contribution in [1.82, 2.24) is 4.90 Å². The molecule has 1 heterocycles. The van der Waals surface area contributed by atoms with E-state index in [9.17, 15) is 14.7 Å². The first kappa shape index (κ1) is 27.6. The van der Waals surface area contributed by atoms with Crippen molar-refractivity contribution in [3.05, 3.63) is 65.7 Å². The van der Waals surface area contributed by atoms with Gasteiger partial charge in [-0.3, -0.25) is 0 Å². The number of anilines is 1. The van der Waals surface area contributed by atoms with Crippen LogP contribution in [0.1, 0.15) is 51.7 Å². The smallest absolute Gasteiger partial charge is 0.410 e. The number of piperidine rings is 1. The van der Waals surface area contributed by atoms with E-state index in [0.717, 1.165) is 11.3 Å². The minimum absolute atomic E-state index is 0.00862. The van der Waals surface area contributed by atoms with Gasteiger partial charge in [-0.05, 0) is 69.7 Å². The zero-order chi connectivity index (χ0) is 27.0. The summed E-state index contributed by atoms with van der Waals surface area (Å²) in [6, 6.07) is 16.0. The molecule has 1 atom stereocenters. The van der Waals surface area contributed by atoms with Gasteiger partial charge in [0.25, 0.3) is 0 Å². The molecular formula is C29H35N3O5. The number of carboxylic acid groups (broad SMARTS) is 1. The van der Waals surface area contributed by atoms with Crippen LogP contribution >= 0.6 is 0 Å². The number of aliphatic carboxylic acids is 1. The molecule has 196 valence electrons. The van der Waals surface area contributed by atoms with E-state index in [4.69, 9.17) is 14.7 Å². The Morgan fingerprint density at radius 3 is 2.46 bits per heavy atom. The molecule has 2 aromatic carbocycles. The van der Waals surface area contributed by atoms with Gasteiger partial charge in [0.1, 0.15) is 23.5 Å². The van der Waals surface area contributed by atoms with Crippen LogP contribution in [0, 0.1) is 11.3 Å². The average molecular weight is 506 g/mol. The SMILES string of the molecule is CC(C(=O)O)N(CC=Cc1cccc(C#N)c1)c1ccc(OC2CCN(C(=O)OC(C)(C)C)CC2)cc1. The highest BCUT2D eigenvalue weighted by atomic mass is 16.6. The summed E-state index contributed by atoms with van der Waals surface area (Å²) >= 11 is 0. The Morgan fingerprint density at radius 1 is 1.19 bits per heavy atom. The number of carbonyl (C=O) groups is 2. The van der Waals surface area contributed by atoms with Crippen LogP contribution in [-0.2, 0) is 9.53 Å². The Morgan fingerprint density at radius 2 is 1.86 bits per heavy atom. The van der Waals surface area contributed by atoms with Gasteiger partial charge in [-0.15, -0.1) is 0 Å². The fourth-order valence-electron chi connectivity index (χ4n) is 4.03. The Labute approximate surface area is 218 Å². The van der Waals surface area contributed by atoms with Crippen LogP contribution in [-0.4, -0.2) is 59.5 Å². The molecule has 2 aromatic rings. The molecule has 0 aromatic heterocycles. The molecule has 0 saturated carbocycles. The number of nitrogens with zero attached hydrogens (tertiary/aromatic N) is 3. The van der Waals surface area contributed by atoms with Crippen molar-refractivity contribution < 1.29 is 24.2 Å². The predicted octanol–water partition coefficient (Wildman–Crippen LogP) is 5.33. The summed E-state index contributed by atoms with van der Waals surface area (Å²) in [5.74, 6) is -0.219. The number of hydrogen-bond acceptors (Lipinski definition) is 6. The number of carbonyl (C=O) groups excluding carboxylic acids is 1. The standard InChI is InChI=1S/C29H35N3O5/c1-21(27(33)34)32(16-6-9-22-7-5-8-23(19-22)20-30)24-10-12-25(13-11-24)36-26-14-17-31(18-15-26)28(35)37-29(2,3)4/h5-13,19,21,26H,14-18H2,1-4H3,(H,33,34). The van der Waals surface area contributed by atoms with Gasteiger partial charge < -0.3 is 24.4 Å². The van der Waals surface area contributed by atoms with Gasteiger partial charge in [0.15, 0.2) is 0 Å². The summed E-state index contributed by atoms with van der Waals surface area (Å²) in [6.45, 7) is 8.74. The van der Waals surface area contributed by atoms with E-state index < -0.39 is 17.6 Å². The van der Waals surface area contributed by atoms with E-state index in [1.165, 1.54) is 0 Å². The highest BCUT2D eigenvalue weighted by molar-refractivity contribution is 5.78. The second kappa shape index (κ2) is 12.3. The summed E-state index contributed by atoms with van der Waals surface area (Å²) in [7, 11) is 0. The normalized spacial score (nSPS) is 15.2. The highest BCUT2D eigenvalue weighted by Crippen LogP contribution is 2.25. The zero-order valence-corrected chi connectivity index (χ0v) is 21.9. The number of carboxylic acids is 1. The molecule has 1 saturated heterocycles. The second-order valence-corrected chi connectivity index (χ2v) is 10.1. The molecule has 1 amide bonds. The summed E-state index contributed by atoms with van der Waals surface area (Å²) in [4.78, 5) is 27.5. The van der Waals surface area contributed by atoms with Crippen LogP contribution in [0.2, 0.25) is 0 Å². The number of likely N-dealkylation sites (tertiary alicyclic amines) is 1.